The van der Waals surface area contributed by atoms with Crippen LogP contribution in [0.2, 0.25) is 5.02 Å². The van der Waals surface area contributed by atoms with Gasteiger partial charge in [-0.05, 0) is 31.9 Å². The third kappa shape index (κ3) is 3.83. The predicted octanol–water partition coefficient (Wildman–Crippen LogP) is 1.73. The van der Waals surface area contributed by atoms with Crippen molar-refractivity contribution in [1.29, 1.82) is 0 Å². The monoisotopic (exact) mass is 240 g/mol. The molecule has 0 aliphatic rings. The first-order valence-corrected chi connectivity index (χ1v) is 5.68. The van der Waals surface area contributed by atoms with Crippen molar-refractivity contribution >= 4 is 17.5 Å². The molecular formula is C12H17ClN2O. The van der Waals surface area contributed by atoms with Crippen molar-refractivity contribution in [2.75, 3.05) is 0 Å². The molecule has 0 aliphatic carbocycles. The van der Waals surface area contributed by atoms with E-state index in [1.54, 1.807) is 6.92 Å². The molecule has 1 rings (SSSR count). The van der Waals surface area contributed by atoms with E-state index in [2.05, 4.69) is 5.32 Å². The maximum Gasteiger partial charge on any atom is 0.236 e. The van der Waals surface area contributed by atoms with E-state index in [0.29, 0.717) is 6.42 Å². The van der Waals surface area contributed by atoms with Gasteiger partial charge in [-0.3, -0.25) is 4.79 Å². The number of benzene rings is 1. The molecule has 1 aromatic rings. The molecule has 2 unspecified atom stereocenters. The van der Waals surface area contributed by atoms with Crippen LogP contribution in [0.15, 0.2) is 24.3 Å². The lowest BCUT2D eigenvalue weighted by atomic mass is 10.1. The zero-order valence-electron chi connectivity index (χ0n) is 9.53. The molecule has 0 aliphatic heterocycles. The molecule has 0 saturated heterocycles. The Morgan fingerprint density at radius 1 is 1.44 bits per heavy atom. The van der Waals surface area contributed by atoms with Crippen molar-refractivity contribution in [3.63, 3.8) is 0 Å². The molecule has 0 aromatic heterocycles. The van der Waals surface area contributed by atoms with Crippen LogP contribution in [0.3, 0.4) is 0 Å². The lowest BCUT2D eigenvalue weighted by Gasteiger charge is -2.16. The van der Waals surface area contributed by atoms with Gasteiger partial charge in [0.05, 0.1) is 6.04 Å². The number of carbonyl (C=O) groups is 1. The summed E-state index contributed by atoms with van der Waals surface area (Å²) in [7, 11) is 0. The van der Waals surface area contributed by atoms with Crippen LogP contribution in [-0.2, 0) is 11.2 Å². The van der Waals surface area contributed by atoms with Crippen molar-refractivity contribution in [1.82, 2.24) is 5.32 Å². The van der Waals surface area contributed by atoms with Crippen LogP contribution in [0.5, 0.6) is 0 Å². The molecule has 16 heavy (non-hydrogen) atoms. The molecule has 88 valence electrons. The number of carbonyl (C=O) groups excluding carboxylic acids is 1. The van der Waals surface area contributed by atoms with Gasteiger partial charge in [0.2, 0.25) is 5.91 Å². The van der Waals surface area contributed by atoms with Crippen molar-refractivity contribution in [3.05, 3.63) is 34.9 Å². The fraction of sp³-hybridized carbons (Fsp3) is 0.417. The summed E-state index contributed by atoms with van der Waals surface area (Å²) in [5.41, 5.74) is 6.50. The number of nitrogens with one attached hydrogen (secondary N) is 1. The highest BCUT2D eigenvalue weighted by atomic mass is 35.5. The summed E-state index contributed by atoms with van der Waals surface area (Å²) in [6.07, 6.45) is 0.706. The Bertz CT molecular complexity index is 366. The highest BCUT2D eigenvalue weighted by Crippen LogP contribution is 2.16. The second-order valence-electron chi connectivity index (χ2n) is 3.99. The molecule has 0 bridgehead atoms. The molecule has 3 nitrogen and oxygen atoms in total. The van der Waals surface area contributed by atoms with E-state index in [1.165, 1.54) is 0 Å². The smallest absolute Gasteiger partial charge is 0.236 e. The van der Waals surface area contributed by atoms with Crippen LogP contribution in [-0.4, -0.2) is 18.0 Å². The minimum Gasteiger partial charge on any atom is -0.352 e. The van der Waals surface area contributed by atoms with Crippen LogP contribution in [0.1, 0.15) is 19.4 Å². The van der Waals surface area contributed by atoms with Gasteiger partial charge in [0.15, 0.2) is 0 Å². The van der Waals surface area contributed by atoms with Gasteiger partial charge >= 0.3 is 0 Å². The van der Waals surface area contributed by atoms with Crippen molar-refractivity contribution in [3.8, 4) is 0 Å². The first-order chi connectivity index (χ1) is 7.50. The quantitative estimate of drug-likeness (QED) is 0.842. The maximum absolute atomic E-state index is 11.4. The molecule has 3 N–H and O–H groups in total. The number of halogens is 1. The molecule has 2 atom stereocenters. The lowest BCUT2D eigenvalue weighted by molar-refractivity contribution is -0.122. The zero-order chi connectivity index (χ0) is 12.1. The van der Waals surface area contributed by atoms with Gasteiger partial charge in [-0.2, -0.15) is 0 Å². The van der Waals surface area contributed by atoms with E-state index >= 15 is 0 Å². The largest absolute Gasteiger partial charge is 0.352 e. The second-order valence-corrected chi connectivity index (χ2v) is 4.40. The standard InChI is InChI=1S/C12H17ClN2O/c1-8(15-12(16)9(2)14)7-10-5-3-4-6-11(10)13/h3-6,8-9H,7,14H2,1-2H3,(H,15,16). The van der Waals surface area contributed by atoms with Gasteiger partial charge in [0.25, 0.3) is 0 Å². The van der Waals surface area contributed by atoms with E-state index in [4.69, 9.17) is 17.3 Å². The molecule has 4 heteroatoms. The molecule has 1 amide bonds. The molecule has 0 fully saturated rings. The van der Waals surface area contributed by atoms with Crippen LogP contribution >= 0.6 is 11.6 Å². The van der Waals surface area contributed by atoms with E-state index in [1.807, 2.05) is 31.2 Å². The van der Waals surface area contributed by atoms with E-state index < -0.39 is 6.04 Å². The highest BCUT2D eigenvalue weighted by Gasteiger charge is 2.12. The van der Waals surface area contributed by atoms with Crippen molar-refractivity contribution in [2.24, 2.45) is 5.73 Å². The number of hydrogen-bond acceptors (Lipinski definition) is 2. The van der Waals surface area contributed by atoms with Crippen LogP contribution in [0.25, 0.3) is 0 Å². The third-order valence-corrected chi connectivity index (χ3v) is 2.65. The molecule has 0 heterocycles. The summed E-state index contributed by atoms with van der Waals surface area (Å²) in [4.78, 5) is 11.4. The topological polar surface area (TPSA) is 55.1 Å². The van der Waals surface area contributed by atoms with Gasteiger partial charge in [-0.1, -0.05) is 29.8 Å². The van der Waals surface area contributed by atoms with E-state index in [9.17, 15) is 4.79 Å². The van der Waals surface area contributed by atoms with Gasteiger partial charge in [0.1, 0.15) is 0 Å². The summed E-state index contributed by atoms with van der Waals surface area (Å²) in [6.45, 7) is 3.60. The summed E-state index contributed by atoms with van der Waals surface area (Å²) >= 11 is 6.03. The molecule has 0 saturated carbocycles. The summed E-state index contributed by atoms with van der Waals surface area (Å²) in [5.74, 6) is -0.139. The van der Waals surface area contributed by atoms with Crippen molar-refractivity contribution in [2.45, 2.75) is 32.4 Å². The summed E-state index contributed by atoms with van der Waals surface area (Å²) in [5, 5.41) is 3.56. The van der Waals surface area contributed by atoms with Gasteiger partial charge in [-0.25, -0.2) is 0 Å². The Kier molecular flexibility index (Phi) is 4.77. The first kappa shape index (κ1) is 13.0. The van der Waals surface area contributed by atoms with Crippen LogP contribution < -0.4 is 11.1 Å². The van der Waals surface area contributed by atoms with E-state index in [-0.39, 0.29) is 11.9 Å². The molecule has 0 spiro atoms. The Labute approximate surface area is 101 Å². The minimum atomic E-state index is -0.478. The van der Waals surface area contributed by atoms with Crippen LogP contribution in [0.4, 0.5) is 0 Å². The number of hydrogen-bond donors (Lipinski definition) is 2. The van der Waals surface area contributed by atoms with E-state index in [0.717, 1.165) is 10.6 Å². The fourth-order valence-electron chi connectivity index (χ4n) is 1.42. The van der Waals surface area contributed by atoms with Crippen molar-refractivity contribution < 1.29 is 4.79 Å². The lowest BCUT2D eigenvalue weighted by Crippen LogP contribution is -2.43. The van der Waals surface area contributed by atoms with Gasteiger partial charge in [0, 0.05) is 11.1 Å². The number of amides is 1. The molecule has 1 aromatic carbocycles. The van der Waals surface area contributed by atoms with Gasteiger partial charge < -0.3 is 11.1 Å². The third-order valence-electron chi connectivity index (χ3n) is 2.29. The van der Waals surface area contributed by atoms with Gasteiger partial charge in [-0.15, -0.1) is 0 Å². The summed E-state index contributed by atoms with van der Waals surface area (Å²) < 4.78 is 0. The maximum atomic E-state index is 11.4. The summed E-state index contributed by atoms with van der Waals surface area (Å²) in [6, 6.07) is 7.17. The fourth-order valence-corrected chi connectivity index (χ4v) is 1.63. The van der Waals surface area contributed by atoms with Crippen LogP contribution in [0, 0.1) is 0 Å². The zero-order valence-corrected chi connectivity index (χ0v) is 10.3. The average molecular weight is 241 g/mol. The Balaban J connectivity index is 2.55. The Morgan fingerprint density at radius 2 is 2.06 bits per heavy atom. The second kappa shape index (κ2) is 5.87. The molecule has 0 radical (unpaired) electrons. The average Bonchev–Trinajstić information content (AvgIpc) is 2.21. The normalized spacial score (nSPS) is 14.2. The Hall–Kier alpha value is -1.06. The number of nitrogens with two attached hydrogens (primary N) is 1. The predicted molar refractivity (Wildman–Crippen MR) is 66.4 cm³/mol. The molecular weight excluding hydrogens is 224 g/mol. The first-order valence-electron chi connectivity index (χ1n) is 5.30. The Morgan fingerprint density at radius 3 is 2.62 bits per heavy atom. The number of rotatable bonds is 4. The minimum absolute atomic E-state index is 0.0263. The SMILES string of the molecule is CC(Cc1ccccc1Cl)NC(=O)C(C)N. The highest BCUT2D eigenvalue weighted by molar-refractivity contribution is 6.31.